The molecule has 1 saturated carbocycles. The van der Waals surface area contributed by atoms with E-state index < -0.39 is 0 Å². The van der Waals surface area contributed by atoms with Crippen LogP contribution in [0, 0.1) is 5.41 Å². The van der Waals surface area contributed by atoms with Crippen LogP contribution in [0.4, 0.5) is 0 Å². The summed E-state index contributed by atoms with van der Waals surface area (Å²) in [5, 5.41) is 0. The highest BCUT2D eigenvalue weighted by atomic mass is 16.5. The molecule has 0 bridgehead atoms. The van der Waals surface area contributed by atoms with Crippen molar-refractivity contribution < 1.29 is 14.3 Å². The Morgan fingerprint density at radius 2 is 1.63 bits per heavy atom. The molecule has 0 radical (unpaired) electrons. The van der Waals surface area contributed by atoms with E-state index in [0.717, 1.165) is 25.7 Å². The van der Waals surface area contributed by atoms with Crippen LogP contribution >= 0.6 is 0 Å². The average molecular weight is 272 g/mol. The van der Waals surface area contributed by atoms with Crippen molar-refractivity contribution in [2.75, 3.05) is 47.1 Å². The van der Waals surface area contributed by atoms with Gasteiger partial charge in [0.25, 0.3) is 0 Å². The van der Waals surface area contributed by atoms with Crippen LogP contribution in [0.1, 0.15) is 32.1 Å². The van der Waals surface area contributed by atoms with Gasteiger partial charge in [-0.2, -0.15) is 0 Å². The number of ether oxygens (including phenoxy) is 2. The minimum Gasteiger partial charge on any atom is -0.383 e. The minimum atomic E-state index is -0.347. The van der Waals surface area contributed by atoms with Crippen LogP contribution in [0.2, 0.25) is 0 Å². The fraction of sp³-hybridized carbons (Fsp3) is 0.929. The van der Waals surface area contributed by atoms with Gasteiger partial charge in [-0.1, -0.05) is 19.3 Å². The van der Waals surface area contributed by atoms with E-state index in [4.69, 9.17) is 15.2 Å². The van der Waals surface area contributed by atoms with E-state index in [1.54, 1.807) is 14.2 Å². The summed E-state index contributed by atoms with van der Waals surface area (Å²) >= 11 is 0. The molecule has 0 unspecified atom stereocenters. The van der Waals surface area contributed by atoms with Crippen molar-refractivity contribution in [3.05, 3.63) is 0 Å². The molecule has 1 aliphatic rings. The lowest BCUT2D eigenvalue weighted by Gasteiger charge is -2.39. The standard InChI is InChI=1S/C14H28N2O3/c1-18-10-8-16(9-11-19-2)13(17)14(12-15)6-4-3-5-7-14/h3-12,15H2,1-2H3. The second-order valence-electron chi connectivity index (χ2n) is 5.32. The molecule has 0 aromatic carbocycles. The van der Waals surface area contributed by atoms with E-state index in [-0.39, 0.29) is 11.3 Å². The Balaban J connectivity index is 2.70. The van der Waals surface area contributed by atoms with Gasteiger partial charge in [-0.05, 0) is 12.8 Å². The Hall–Kier alpha value is -0.650. The van der Waals surface area contributed by atoms with Gasteiger partial charge in [0.2, 0.25) is 5.91 Å². The Labute approximate surface area is 116 Å². The maximum absolute atomic E-state index is 12.8. The fourth-order valence-electron chi connectivity index (χ4n) is 2.79. The van der Waals surface area contributed by atoms with Crippen LogP contribution in [0.25, 0.3) is 0 Å². The molecule has 0 heterocycles. The number of carbonyl (C=O) groups is 1. The monoisotopic (exact) mass is 272 g/mol. The van der Waals surface area contributed by atoms with E-state index in [1.165, 1.54) is 6.42 Å². The number of hydrogen-bond donors (Lipinski definition) is 1. The molecule has 1 fully saturated rings. The predicted octanol–water partition coefficient (Wildman–Crippen LogP) is 1.02. The van der Waals surface area contributed by atoms with E-state index in [0.29, 0.717) is 32.8 Å². The largest absolute Gasteiger partial charge is 0.383 e. The third kappa shape index (κ3) is 4.44. The first-order chi connectivity index (χ1) is 9.20. The number of carbonyl (C=O) groups excluding carboxylic acids is 1. The maximum atomic E-state index is 12.8. The predicted molar refractivity (Wildman–Crippen MR) is 74.9 cm³/mol. The molecule has 0 atom stereocenters. The molecule has 0 spiro atoms. The number of methoxy groups -OCH3 is 2. The highest BCUT2D eigenvalue weighted by Crippen LogP contribution is 2.37. The van der Waals surface area contributed by atoms with E-state index in [2.05, 4.69) is 0 Å². The first kappa shape index (κ1) is 16.4. The van der Waals surface area contributed by atoms with Gasteiger partial charge < -0.3 is 20.1 Å². The molecule has 1 amide bonds. The van der Waals surface area contributed by atoms with Crippen molar-refractivity contribution in [3.63, 3.8) is 0 Å². The number of amides is 1. The fourth-order valence-corrected chi connectivity index (χ4v) is 2.79. The Kier molecular flexibility index (Phi) is 7.34. The van der Waals surface area contributed by atoms with Crippen LogP contribution in [-0.2, 0) is 14.3 Å². The zero-order valence-electron chi connectivity index (χ0n) is 12.3. The second-order valence-corrected chi connectivity index (χ2v) is 5.32. The summed E-state index contributed by atoms with van der Waals surface area (Å²) in [6, 6.07) is 0. The van der Waals surface area contributed by atoms with Crippen LogP contribution in [0.5, 0.6) is 0 Å². The average Bonchev–Trinajstić information content (AvgIpc) is 2.47. The normalized spacial score (nSPS) is 18.3. The van der Waals surface area contributed by atoms with Crippen molar-refractivity contribution in [3.8, 4) is 0 Å². The molecule has 5 heteroatoms. The molecule has 112 valence electrons. The summed E-state index contributed by atoms with van der Waals surface area (Å²) in [4.78, 5) is 14.7. The quantitative estimate of drug-likeness (QED) is 0.716. The minimum absolute atomic E-state index is 0.184. The van der Waals surface area contributed by atoms with Crippen molar-refractivity contribution in [1.29, 1.82) is 0 Å². The molecule has 5 nitrogen and oxygen atoms in total. The lowest BCUT2D eigenvalue weighted by Crippen LogP contribution is -2.50. The molecule has 1 rings (SSSR count). The topological polar surface area (TPSA) is 64.8 Å². The molecule has 2 N–H and O–H groups in total. The SMILES string of the molecule is COCCN(CCOC)C(=O)C1(CN)CCCCC1. The van der Waals surface area contributed by atoms with Gasteiger partial charge in [0.05, 0.1) is 18.6 Å². The van der Waals surface area contributed by atoms with Gasteiger partial charge in [0.1, 0.15) is 0 Å². The van der Waals surface area contributed by atoms with Crippen LogP contribution in [-0.4, -0.2) is 57.9 Å². The molecule has 0 aromatic heterocycles. The van der Waals surface area contributed by atoms with Gasteiger partial charge in [-0.15, -0.1) is 0 Å². The molecule has 1 aliphatic carbocycles. The van der Waals surface area contributed by atoms with E-state index in [1.807, 2.05) is 4.90 Å². The van der Waals surface area contributed by atoms with Crippen molar-refractivity contribution in [2.24, 2.45) is 11.1 Å². The maximum Gasteiger partial charge on any atom is 0.230 e. The molecule has 0 aromatic rings. The van der Waals surface area contributed by atoms with Gasteiger partial charge >= 0.3 is 0 Å². The first-order valence-corrected chi connectivity index (χ1v) is 7.17. The lowest BCUT2D eigenvalue weighted by atomic mass is 9.73. The van der Waals surface area contributed by atoms with Gasteiger partial charge in [0.15, 0.2) is 0 Å². The smallest absolute Gasteiger partial charge is 0.230 e. The van der Waals surface area contributed by atoms with E-state index in [9.17, 15) is 4.79 Å². The highest BCUT2D eigenvalue weighted by molar-refractivity contribution is 5.83. The molecule has 19 heavy (non-hydrogen) atoms. The van der Waals surface area contributed by atoms with Crippen molar-refractivity contribution >= 4 is 5.91 Å². The molecule has 0 aliphatic heterocycles. The van der Waals surface area contributed by atoms with Crippen molar-refractivity contribution in [1.82, 2.24) is 4.90 Å². The van der Waals surface area contributed by atoms with Crippen LogP contribution in [0.3, 0.4) is 0 Å². The highest BCUT2D eigenvalue weighted by Gasteiger charge is 2.40. The third-order valence-electron chi connectivity index (χ3n) is 4.07. The van der Waals surface area contributed by atoms with E-state index >= 15 is 0 Å². The molecule has 0 saturated heterocycles. The first-order valence-electron chi connectivity index (χ1n) is 7.17. The number of nitrogens with zero attached hydrogens (tertiary/aromatic N) is 1. The summed E-state index contributed by atoms with van der Waals surface area (Å²) in [6.45, 7) is 2.77. The van der Waals surface area contributed by atoms with Crippen LogP contribution in [0.15, 0.2) is 0 Å². The lowest BCUT2D eigenvalue weighted by molar-refractivity contribution is -0.145. The Morgan fingerprint density at radius 3 is 2.05 bits per heavy atom. The second kappa shape index (κ2) is 8.51. The Morgan fingerprint density at radius 1 is 1.11 bits per heavy atom. The van der Waals surface area contributed by atoms with Gasteiger partial charge in [-0.3, -0.25) is 4.79 Å². The summed E-state index contributed by atoms with van der Waals surface area (Å²) in [7, 11) is 3.30. The summed E-state index contributed by atoms with van der Waals surface area (Å²) in [5.41, 5.74) is 5.58. The summed E-state index contributed by atoms with van der Waals surface area (Å²) in [5.74, 6) is 0.184. The van der Waals surface area contributed by atoms with Gasteiger partial charge in [0, 0.05) is 33.9 Å². The van der Waals surface area contributed by atoms with Crippen LogP contribution < -0.4 is 5.73 Å². The molecular formula is C14H28N2O3. The number of rotatable bonds is 8. The van der Waals surface area contributed by atoms with Crippen molar-refractivity contribution in [2.45, 2.75) is 32.1 Å². The zero-order chi connectivity index (χ0) is 14.1. The zero-order valence-corrected chi connectivity index (χ0v) is 12.3. The third-order valence-corrected chi connectivity index (χ3v) is 4.07. The molecular weight excluding hydrogens is 244 g/mol. The number of nitrogens with two attached hydrogens (primary N) is 1. The summed E-state index contributed by atoms with van der Waals surface area (Å²) < 4.78 is 10.2. The summed E-state index contributed by atoms with van der Waals surface area (Å²) in [6.07, 6.45) is 5.25. The Bertz CT molecular complexity index is 257. The number of hydrogen-bond acceptors (Lipinski definition) is 4. The van der Waals surface area contributed by atoms with Gasteiger partial charge in [-0.25, -0.2) is 0 Å².